The van der Waals surface area contributed by atoms with Gasteiger partial charge >= 0.3 is 6.18 Å². The number of alkyl halides is 3. The van der Waals surface area contributed by atoms with Crippen LogP contribution in [0.5, 0.6) is 0 Å². The zero-order chi connectivity index (χ0) is 23.6. The lowest BCUT2D eigenvalue weighted by atomic mass is 10.1. The molecule has 2 aromatic carbocycles. The quantitative estimate of drug-likeness (QED) is 0.696. The number of likely N-dealkylation sites (tertiary alicyclic amines) is 1. The Balaban J connectivity index is 0.00000114. The van der Waals surface area contributed by atoms with Crippen molar-refractivity contribution in [2.45, 2.75) is 45.6 Å². The second-order valence-electron chi connectivity index (χ2n) is 7.52. The maximum atomic E-state index is 12.8. The molecule has 1 unspecified atom stereocenters. The molecule has 1 saturated heterocycles. The van der Waals surface area contributed by atoms with Crippen molar-refractivity contribution in [1.29, 1.82) is 0 Å². The monoisotopic (exact) mass is 450 g/mol. The lowest BCUT2D eigenvalue weighted by Gasteiger charge is -2.17. The van der Waals surface area contributed by atoms with Crippen molar-refractivity contribution in [3.8, 4) is 0 Å². The molecule has 1 aliphatic rings. The minimum Gasteiger partial charge on any atom is -0.372 e. The van der Waals surface area contributed by atoms with Gasteiger partial charge in [0.25, 0.3) is 5.91 Å². The van der Waals surface area contributed by atoms with Gasteiger partial charge < -0.3 is 15.0 Å². The molecule has 2 amide bonds. The topological polar surface area (TPSA) is 58.6 Å². The zero-order valence-corrected chi connectivity index (χ0v) is 18.3. The third kappa shape index (κ3) is 8.00. The molecular formula is C24H29F3N2O3. The van der Waals surface area contributed by atoms with Crippen LogP contribution in [-0.4, -0.2) is 42.5 Å². The summed E-state index contributed by atoms with van der Waals surface area (Å²) in [6.07, 6.45) is -2.67. The first-order chi connectivity index (χ1) is 15.2. The molecule has 2 aromatic rings. The van der Waals surface area contributed by atoms with Crippen LogP contribution >= 0.6 is 0 Å². The third-order valence-electron chi connectivity index (χ3n) is 4.68. The molecule has 174 valence electrons. The molecule has 1 aliphatic heterocycles. The highest BCUT2D eigenvalue weighted by molar-refractivity contribution is 5.96. The van der Waals surface area contributed by atoms with E-state index in [1.807, 2.05) is 30.3 Å². The smallest absolute Gasteiger partial charge is 0.372 e. The van der Waals surface area contributed by atoms with Gasteiger partial charge in [-0.05, 0) is 30.2 Å². The molecule has 5 nitrogen and oxygen atoms in total. The summed E-state index contributed by atoms with van der Waals surface area (Å²) in [5, 5.41) is 2.39. The molecule has 32 heavy (non-hydrogen) atoms. The summed E-state index contributed by atoms with van der Waals surface area (Å²) in [6.45, 7) is 5.36. The van der Waals surface area contributed by atoms with Gasteiger partial charge in [0.15, 0.2) is 0 Å². The molecule has 0 radical (unpaired) electrons. The third-order valence-corrected chi connectivity index (χ3v) is 4.68. The van der Waals surface area contributed by atoms with Crippen molar-refractivity contribution in [2.24, 2.45) is 0 Å². The normalized spacial score (nSPS) is 15.7. The van der Waals surface area contributed by atoms with E-state index in [0.717, 1.165) is 23.8 Å². The summed E-state index contributed by atoms with van der Waals surface area (Å²) in [5.41, 5.74) is -0.00169. The SMILES string of the molecule is CCC.O=C(NCC(=O)N1CCC(OCc2ccccc2)C1)c1cccc(C(F)(F)F)c1. The Hall–Kier alpha value is -2.87. The summed E-state index contributed by atoms with van der Waals surface area (Å²) >= 11 is 0. The maximum absolute atomic E-state index is 12.8. The molecule has 1 atom stereocenters. The molecule has 3 rings (SSSR count). The fourth-order valence-corrected chi connectivity index (χ4v) is 3.09. The molecule has 0 aliphatic carbocycles. The van der Waals surface area contributed by atoms with Crippen LogP contribution in [0.1, 0.15) is 48.2 Å². The van der Waals surface area contributed by atoms with E-state index in [4.69, 9.17) is 4.74 Å². The van der Waals surface area contributed by atoms with E-state index in [-0.39, 0.29) is 24.1 Å². The number of rotatable bonds is 6. The second-order valence-corrected chi connectivity index (χ2v) is 7.52. The van der Waals surface area contributed by atoms with E-state index in [1.54, 1.807) is 4.90 Å². The average Bonchev–Trinajstić information content (AvgIpc) is 3.26. The molecule has 0 saturated carbocycles. The molecule has 1 heterocycles. The number of ether oxygens (including phenoxy) is 1. The molecular weight excluding hydrogens is 421 g/mol. The molecule has 8 heteroatoms. The highest BCUT2D eigenvalue weighted by atomic mass is 19.4. The highest BCUT2D eigenvalue weighted by Gasteiger charge is 2.31. The van der Waals surface area contributed by atoms with Crippen LogP contribution in [0.25, 0.3) is 0 Å². The number of benzene rings is 2. The molecule has 1 fully saturated rings. The van der Waals surface area contributed by atoms with Gasteiger partial charge in [-0.25, -0.2) is 0 Å². The van der Waals surface area contributed by atoms with Gasteiger partial charge in [0.2, 0.25) is 5.91 Å². The van der Waals surface area contributed by atoms with E-state index in [1.165, 1.54) is 12.5 Å². The molecule has 0 aromatic heterocycles. The Morgan fingerprint density at radius 2 is 1.78 bits per heavy atom. The van der Waals surface area contributed by atoms with Gasteiger partial charge in [-0.1, -0.05) is 56.7 Å². The van der Waals surface area contributed by atoms with Gasteiger partial charge in [0, 0.05) is 18.7 Å². The number of carbonyl (C=O) groups is 2. The summed E-state index contributed by atoms with van der Waals surface area (Å²) in [7, 11) is 0. The number of halogens is 3. The Labute approximate surface area is 186 Å². The Morgan fingerprint density at radius 1 is 1.09 bits per heavy atom. The fourth-order valence-electron chi connectivity index (χ4n) is 3.09. The van der Waals surface area contributed by atoms with Crippen molar-refractivity contribution < 1.29 is 27.5 Å². The standard InChI is InChI=1S/C21H21F3N2O3.C3H8/c22-21(23,24)17-8-4-7-16(11-17)20(28)25-12-19(27)26-10-9-18(13-26)29-14-15-5-2-1-3-6-15;1-3-2/h1-8,11,18H,9-10,12-14H2,(H,25,28);3H2,1-2H3. The van der Waals surface area contributed by atoms with Crippen LogP contribution in [0.4, 0.5) is 13.2 Å². The van der Waals surface area contributed by atoms with Crippen LogP contribution in [-0.2, 0) is 22.3 Å². The Kier molecular flexibility index (Phi) is 9.71. The number of nitrogens with one attached hydrogen (secondary N) is 1. The van der Waals surface area contributed by atoms with Crippen molar-refractivity contribution in [3.05, 3.63) is 71.3 Å². The summed E-state index contributed by atoms with van der Waals surface area (Å²) in [5.74, 6) is -1.02. The lowest BCUT2D eigenvalue weighted by Crippen LogP contribution is -2.39. The van der Waals surface area contributed by atoms with Crippen LogP contribution in [0.2, 0.25) is 0 Å². The molecule has 1 N–H and O–H groups in total. The van der Waals surface area contributed by atoms with E-state index in [0.29, 0.717) is 26.1 Å². The number of nitrogens with zero attached hydrogens (tertiary/aromatic N) is 1. The van der Waals surface area contributed by atoms with Crippen molar-refractivity contribution >= 4 is 11.8 Å². The summed E-state index contributed by atoms with van der Waals surface area (Å²) < 4.78 is 44.1. The zero-order valence-electron chi connectivity index (χ0n) is 18.3. The minimum absolute atomic E-state index is 0.0849. The van der Waals surface area contributed by atoms with Gasteiger partial charge in [0.05, 0.1) is 24.8 Å². The van der Waals surface area contributed by atoms with Gasteiger partial charge in [0.1, 0.15) is 0 Å². The van der Waals surface area contributed by atoms with E-state index >= 15 is 0 Å². The van der Waals surface area contributed by atoms with Crippen molar-refractivity contribution in [3.63, 3.8) is 0 Å². The Bertz CT molecular complexity index is 872. The van der Waals surface area contributed by atoms with Gasteiger partial charge in [-0.15, -0.1) is 0 Å². The predicted octanol–water partition coefficient (Wildman–Crippen LogP) is 4.67. The maximum Gasteiger partial charge on any atom is 0.416 e. The molecule has 0 spiro atoms. The lowest BCUT2D eigenvalue weighted by molar-refractivity contribution is -0.137. The van der Waals surface area contributed by atoms with E-state index in [9.17, 15) is 22.8 Å². The van der Waals surface area contributed by atoms with Crippen LogP contribution in [0.3, 0.4) is 0 Å². The van der Waals surface area contributed by atoms with E-state index in [2.05, 4.69) is 19.2 Å². The van der Waals surface area contributed by atoms with Crippen LogP contribution in [0.15, 0.2) is 54.6 Å². The Morgan fingerprint density at radius 3 is 2.44 bits per heavy atom. The average molecular weight is 451 g/mol. The van der Waals surface area contributed by atoms with E-state index < -0.39 is 17.6 Å². The fraction of sp³-hybridized carbons (Fsp3) is 0.417. The number of amides is 2. The number of hydrogen-bond donors (Lipinski definition) is 1. The highest BCUT2D eigenvalue weighted by Crippen LogP contribution is 2.29. The first kappa shape index (κ1) is 25.4. The first-order valence-corrected chi connectivity index (χ1v) is 10.6. The van der Waals surface area contributed by atoms with Gasteiger partial charge in [-0.3, -0.25) is 9.59 Å². The first-order valence-electron chi connectivity index (χ1n) is 10.6. The molecule has 0 bridgehead atoms. The van der Waals surface area contributed by atoms with Gasteiger partial charge in [-0.2, -0.15) is 13.2 Å². The largest absolute Gasteiger partial charge is 0.416 e. The summed E-state index contributed by atoms with van der Waals surface area (Å²) in [6, 6.07) is 13.8. The van der Waals surface area contributed by atoms with Crippen molar-refractivity contribution in [2.75, 3.05) is 19.6 Å². The minimum atomic E-state index is -4.53. The van der Waals surface area contributed by atoms with Crippen LogP contribution < -0.4 is 5.32 Å². The van der Waals surface area contributed by atoms with Crippen LogP contribution in [0, 0.1) is 0 Å². The second kappa shape index (κ2) is 12.2. The number of hydrogen-bond acceptors (Lipinski definition) is 3. The van der Waals surface area contributed by atoms with Crippen molar-refractivity contribution in [1.82, 2.24) is 10.2 Å². The number of carbonyl (C=O) groups excluding carboxylic acids is 2. The predicted molar refractivity (Wildman–Crippen MR) is 116 cm³/mol. The summed E-state index contributed by atoms with van der Waals surface area (Å²) in [4.78, 5) is 26.0.